The van der Waals surface area contributed by atoms with Crippen LogP contribution in [0.25, 0.3) is 0 Å². The van der Waals surface area contributed by atoms with Crippen molar-refractivity contribution in [3.05, 3.63) is 0 Å². The minimum absolute atomic E-state index is 0.118. The quantitative estimate of drug-likeness (QED) is 0.711. The zero-order chi connectivity index (χ0) is 12.0. The number of amides is 1. The monoisotopic (exact) mass is 216 g/mol. The van der Waals surface area contributed by atoms with E-state index in [-0.39, 0.29) is 23.9 Å². The average molecular weight is 216 g/mol. The molecule has 0 aliphatic rings. The molecular weight excluding hydrogens is 192 g/mol. The maximum absolute atomic E-state index is 11.8. The Morgan fingerprint density at radius 3 is 2.20 bits per heavy atom. The second-order valence-electron chi connectivity index (χ2n) is 4.48. The lowest BCUT2D eigenvalue weighted by atomic mass is 10.0. The molecular formula is C11H24N2O2. The number of hydrogen-bond acceptors (Lipinski definition) is 3. The number of carbonyl (C=O) groups is 1. The van der Waals surface area contributed by atoms with Gasteiger partial charge in [-0.1, -0.05) is 13.8 Å². The molecule has 0 rings (SSSR count). The molecule has 0 fully saturated rings. The standard InChI is InChI=1S/C11H24N2O2/c1-8(2)10(11(14)13(4)5)12-9(3)7-15-6/h8-10,12H,7H2,1-6H3. The summed E-state index contributed by atoms with van der Waals surface area (Å²) >= 11 is 0. The van der Waals surface area contributed by atoms with E-state index < -0.39 is 0 Å². The summed E-state index contributed by atoms with van der Waals surface area (Å²) in [5.74, 6) is 0.396. The van der Waals surface area contributed by atoms with Gasteiger partial charge in [-0.2, -0.15) is 0 Å². The summed E-state index contributed by atoms with van der Waals surface area (Å²) in [7, 11) is 5.22. The molecule has 0 bridgehead atoms. The molecule has 2 unspecified atom stereocenters. The fourth-order valence-electron chi connectivity index (χ4n) is 1.43. The van der Waals surface area contributed by atoms with Gasteiger partial charge in [0.25, 0.3) is 0 Å². The van der Waals surface area contributed by atoms with Crippen LogP contribution in [0.5, 0.6) is 0 Å². The van der Waals surface area contributed by atoms with Crippen molar-refractivity contribution < 1.29 is 9.53 Å². The summed E-state index contributed by atoms with van der Waals surface area (Å²) < 4.78 is 5.04. The molecule has 0 aromatic heterocycles. The molecule has 90 valence electrons. The maximum atomic E-state index is 11.8. The highest BCUT2D eigenvalue weighted by Crippen LogP contribution is 2.05. The average Bonchev–Trinajstić information content (AvgIpc) is 2.13. The lowest BCUT2D eigenvalue weighted by Crippen LogP contribution is -2.51. The van der Waals surface area contributed by atoms with Gasteiger partial charge in [0.05, 0.1) is 12.6 Å². The Hall–Kier alpha value is -0.610. The summed E-state index contributed by atoms with van der Waals surface area (Å²) in [6.07, 6.45) is 0. The lowest BCUT2D eigenvalue weighted by Gasteiger charge is -2.27. The minimum atomic E-state index is -0.134. The molecule has 0 radical (unpaired) electrons. The second-order valence-corrected chi connectivity index (χ2v) is 4.48. The van der Waals surface area contributed by atoms with Crippen LogP contribution in [0.4, 0.5) is 0 Å². The van der Waals surface area contributed by atoms with E-state index in [2.05, 4.69) is 5.32 Å². The van der Waals surface area contributed by atoms with Crippen molar-refractivity contribution >= 4 is 5.91 Å². The van der Waals surface area contributed by atoms with E-state index in [9.17, 15) is 4.79 Å². The summed E-state index contributed by atoms with van der Waals surface area (Å²) in [5, 5.41) is 3.28. The zero-order valence-corrected chi connectivity index (χ0v) is 10.7. The maximum Gasteiger partial charge on any atom is 0.239 e. The molecule has 1 N–H and O–H groups in total. The van der Waals surface area contributed by atoms with Crippen molar-refractivity contribution in [1.82, 2.24) is 10.2 Å². The summed E-state index contributed by atoms with van der Waals surface area (Å²) in [4.78, 5) is 13.5. The predicted molar refractivity (Wildman–Crippen MR) is 61.8 cm³/mol. The van der Waals surface area contributed by atoms with Gasteiger partial charge in [0.2, 0.25) is 5.91 Å². The van der Waals surface area contributed by atoms with Gasteiger partial charge in [-0.15, -0.1) is 0 Å². The SMILES string of the molecule is COCC(C)NC(C(=O)N(C)C)C(C)C. The van der Waals surface area contributed by atoms with E-state index in [4.69, 9.17) is 4.74 Å². The molecule has 0 saturated carbocycles. The molecule has 4 nitrogen and oxygen atoms in total. The number of likely N-dealkylation sites (N-methyl/N-ethyl adjacent to an activating group) is 1. The first-order valence-corrected chi connectivity index (χ1v) is 5.36. The van der Waals surface area contributed by atoms with Crippen molar-refractivity contribution in [2.24, 2.45) is 5.92 Å². The number of methoxy groups -OCH3 is 1. The lowest BCUT2D eigenvalue weighted by molar-refractivity contribution is -0.132. The van der Waals surface area contributed by atoms with Gasteiger partial charge in [-0.25, -0.2) is 0 Å². The van der Waals surface area contributed by atoms with Crippen LogP contribution >= 0.6 is 0 Å². The van der Waals surface area contributed by atoms with Crippen LogP contribution in [-0.4, -0.2) is 50.7 Å². The second kappa shape index (κ2) is 6.80. The van der Waals surface area contributed by atoms with Crippen LogP contribution in [0.1, 0.15) is 20.8 Å². The molecule has 0 aliphatic heterocycles. The Morgan fingerprint density at radius 1 is 1.33 bits per heavy atom. The van der Waals surface area contributed by atoms with E-state index in [1.54, 1.807) is 26.1 Å². The fourth-order valence-corrected chi connectivity index (χ4v) is 1.43. The first-order valence-electron chi connectivity index (χ1n) is 5.36. The number of nitrogens with zero attached hydrogens (tertiary/aromatic N) is 1. The number of carbonyl (C=O) groups excluding carboxylic acids is 1. The third kappa shape index (κ3) is 5.14. The van der Waals surface area contributed by atoms with Crippen molar-refractivity contribution in [1.29, 1.82) is 0 Å². The Balaban J connectivity index is 4.34. The van der Waals surface area contributed by atoms with Gasteiger partial charge in [0, 0.05) is 27.2 Å². The first kappa shape index (κ1) is 14.4. The summed E-state index contributed by atoms with van der Waals surface area (Å²) in [6.45, 7) is 6.71. The molecule has 2 atom stereocenters. The number of hydrogen-bond donors (Lipinski definition) is 1. The zero-order valence-electron chi connectivity index (χ0n) is 10.7. The molecule has 15 heavy (non-hydrogen) atoms. The third-order valence-corrected chi connectivity index (χ3v) is 2.25. The molecule has 4 heteroatoms. The van der Waals surface area contributed by atoms with Gasteiger partial charge in [-0.3, -0.25) is 4.79 Å². The van der Waals surface area contributed by atoms with Crippen LogP contribution in [0.15, 0.2) is 0 Å². The molecule has 1 amide bonds. The van der Waals surface area contributed by atoms with Gasteiger partial charge >= 0.3 is 0 Å². The topological polar surface area (TPSA) is 41.6 Å². The highest BCUT2D eigenvalue weighted by molar-refractivity contribution is 5.81. The minimum Gasteiger partial charge on any atom is -0.383 e. The van der Waals surface area contributed by atoms with Crippen molar-refractivity contribution in [2.75, 3.05) is 27.8 Å². The van der Waals surface area contributed by atoms with Crippen LogP contribution in [-0.2, 0) is 9.53 Å². The normalized spacial score (nSPS) is 15.1. The Labute approximate surface area is 93.0 Å². The first-order chi connectivity index (χ1) is 6.90. The smallest absolute Gasteiger partial charge is 0.239 e. The third-order valence-electron chi connectivity index (χ3n) is 2.25. The van der Waals surface area contributed by atoms with E-state index in [1.165, 1.54) is 0 Å². The van der Waals surface area contributed by atoms with Crippen LogP contribution < -0.4 is 5.32 Å². The van der Waals surface area contributed by atoms with Crippen molar-refractivity contribution in [3.8, 4) is 0 Å². The van der Waals surface area contributed by atoms with E-state index in [0.717, 1.165) is 0 Å². The van der Waals surface area contributed by atoms with E-state index in [1.807, 2.05) is 20.8 Å². The largest absolute Gasteiger partial charge is 0.383 e. The fraction of sp³-hybridized carbons (Fsp3) is 0.909. The van der Waals surface area contributed by atoms with Gasteiger partial charge in [-0.05, 0) is 12.8 Å². The Kier molecular flexibility index (Phi) is 6.52. The van der Waals surface area contributed by atoms with Crippen LogP contribution in [0.2, 0.25) is 0 Å². The number of ether oxygens (including phenoxy) is 1. The summed E-state index contributed by atoms with van der Waals surface area (Å²) in [6, 6.07) is 0.0523. The van der Waals surface area contributed by atoms with Crippen LogP contribution in [0.3, 0.4) is 0 Å². The number of nitrogens with one attached hydrogen (secondary N) is 1. The van der Waals surface area contributed by atoms with Gasteiger partial charge < -0.3 is 15.0 Å². The molecule has 0 aromatic rings. The molecule has 0 heterocycles. The molecule has 0 saturated heterocycles. The summed E-state index contributed by atoms with van der Waals surface area (Å²) in [5.41, 5.74) is 0. The van der Waals surface area contributed by atoms with E-state index in [0.29, 0.717) is 6.61 Å². The van der Waals surface area contributed by atoms with Crippen LogP contribution in [0, 0.1) is 5.92 Å². The predicted octanol–water partition coefficient (Wildman–Crippen LogP) is 0.724. The highest BCUT2D eigenvalue weighted by atomic mass is 16.5. The van der Waals surface area contributed by atoms with Gasteiger partial charge in [0.1, 0.15) is 0 Å². The van der Waals surface area contributed by atoms with Crippen molar-refractivity contribution in [3.63, 3.8) is 0 Å². The molecule has 0 aromatic carbocycles. The highest BCUT2D eigenvalue weighted by Gasteiger charge is 2.24. The van der Waals surface area contributed by atoms with Crippen molar-refractivity contribution in [2.45, 2.75) is 32.9 Å². The Morgan fingerprint density at radius 2 is 1.87 bits per heavy atom. The number of rotatable bonds is 6. The van der Waals surface area contributed by atoms with Gasteiger partial charge in [0.15, 0.2) is 0 Å². The molecule has 0 spiro atoms. The Bertz CT molecular complexity index is 193. The van der Waals surface area contributed by atoms with E-state index >= 15 is 0 Å². The molecule has 0 aliphatic carbocycles.